The topological polar surface area (TPSA) is 34.1 Å². The van der Waals surface area contributed by atoms with Gasteiger partial charge in [-0.05, 0) is 45.4 Å². The van der Waals surface area contributed by atoms with Gasteiger partial charge in [0.05, 0.1) is 10.4 Å². The zero-order chi connectivity index (χ0) is 15.5. The minimum Gasteiger partial charge on any atom is -0.487 e. The van der Waals surface area contributed by atoms with Gasteiger partial charge in [-0.2, -0.15) is 0 Å². The van der Waals surface area contributed by atoms with Crippen molar-refractivity contribution < 1.29 is 4.74 Å². The smallest absolute Gasteiger partial charge is 0.127 e. The van der Waals surface area contributed by atoms with Crippen LogP contribution in [0.15, 0.2) is 28.3 Å². The van der Waals surface area contributed by atoms with E-state index in [4.69, 9.17) is 4.74 Å². The summed E-state index contributed by atoms with van der Waals surface area (Å²) in [5.74, 6) is 0.961. The summed E-state index contributed by atoms with van der Waals surface area (Å²) in [5.41, 5.74) is 4.21. The maximum absolute atomic E-state index is 6.04. The van der Waals surface area contributed by atoms with Gasteiger partial charge in [0.15, 0.2) is 0 Å². The maximum atomic E-state index is 6.04. The van der Waals surface area contributed by atoms with Crippen molar-refractivity contribution >= 4 is 27.3 Å². The van der Waals surface area contributed by atoms with E-state index in [0.29, 0.717) is 6.61 Å². The molecule has 5 heteroatoms. The van der Waals surface area contributed by atoms with E-state index in [-0.39, 0.29) is 5.54 Å². The number of hydrogen-bond acceptors (Lipinski definition) is 4. The van der Waals surface area contributed by atoms with E-state index >= 15 is 0 Å². The number of ether oxygens (including phenoxy) is 1. The quantitative estimate of drug-likeness (QED) is 0.831. The zero-order valence-corrected chi connectivity index (χ0v) is 15.3. The lowest BCUT2D eigenvalue weighted by Gasteiger charge is -2.22. The predicted octanol–water partition coefficient (Wildman–Crippen LogP) is 4.68. The molecule has 0 saturated carbocycles. The van der Waals surface area contributed by atoms with Crippen LogP contribution in [0, 0.1) is 6.92 Å². The molecule has 1 aromatic heterocycles. The number of hydrogen-bond donors (Lipinski definition) is 1. The van der Waals surface area contributed by atoms with Crippen LogP contribution in [-0.2, 0) is 13.2 Å². The van der Waals surface area contributed by atoms with Crippen molar-refractivity contribution in [2.75, 3.05) is 0 Å². The van der Waals surface area contributed by atoms with Crippen LogP contribution in [0.3, 0.4) is 0 Å². The van der Waals surface area contributed by atoms with E-state index in [2.05, 4.69) is 66.1 Å². The number of thiazole rings is 1. The summed E-state index contributed by atoms with van der Waals surface area (Å²) in [6, 6.07) is 4.20. The Kier molecular flexibility index (Phi) is 5.41. The minimum absolute atomic E-state index is 0.0746. The standard InChI is InChI=1S/C16H21BrN2OS/c1-11-5-13(17)6-12(7-19-16(2,3)4)15(11)20-9-14-8-18-10-21-14/h5-6,8,10,19H,7,9H2,1-4H3. The molecule has 0 amide bonds. The van der Waals surface area contributed by atoms with Crippen molar-refractivity contribution in [1.82, 2.24) is 10.3 Å². The highest BCUT2D eigenvalue weighted by Gasteiger charge is 2.14. The highest BCUT2D eigenvalue weighted by Crippen LogP contribution is 2.29. The third-order valence-electron chi connectivity index (χ3n) is 2.97. The van der Waals surface area contributed by atoms with Crippen LogP contribution >= 0.6 is 27.3 Å². The molecule has 0 fully saturated rings. The van der Waals surface area contributed by atoms with Gasteiger partial charge in [0.2, 0.25) is 0 Å². The molecule has 1 heterocycles. The fourth-order valence-electron chi connectivity index (χ4n) is 1.95. The molecular weight excluding hydrogens is 348 g/mol. The molecule has 1 aromatic carbocycles. The number of rotatable bonds is 5. The predicted molar refractivity (Wildman–Crippen MR) is 91.9 cm³/mol. The summed E-state index contributed by atoms with van der Waals surface area (Å²) in [5, 5.41) is 3.52. The molecule has 2 aromatic rings. The van der Waals surface area contributed by atoms with Gasteiger partial charge in [-0.3, -0.25) is 4.98 Å². The molecule has 0 aliphatic heterocycles. The van der Waals surface area contributed by atoms with Crippen molar-refractivity contribution in [2.24, 2.45) is 0 Å². The van der Waals surface area contributed by atoms with E-state index in [1.54, 1.807) is 11.3 Å². The van der Waals surface area contributed by atoms with Crippen LogP contribution in [0.5, 0.6) is 5.75 Å². The van der Waals surface area contributed by atoms with Gasteiger partial charge < -0.3 is 10.1 Å². The van der Waals surface area contributed by atoms with E-state index in [9.17, 15) is 0 Å². The molecule has 0 atom stereocenters. The molecule has 0 unspecified atom stereocenters. The minimum atomic E-state index is 0.0746. The summed E-state index contributed by atoms with van der Waals surface area (Å²) >= 11 is 5.18. The molecular formula is C16H21BrN2OS. The largest absolute Gasteiger partial charge is 0.487 e. The molecule has 0 saturated heterocycles. The fraction of sp³-hybridized carbons (Fsp3) is 0.438. The van der Waals surface area contributed by atoms with Gasteiger partial charge in [-0.25, -0.2) is 0 Å². The summed E-state index contributed by atoms with van der Waals surface area (Å²) in [7, 11) is 0. The van der Waals surface area contributed by atoms with Crippen molar-refractivity contribution in [1.29, 1.82) is 0 Å². The molecule has 0 radical (unpaired) electrons. The van der Waals surface area contributed by atoms with Crippen LogP contribution in [0.2, 0.25) is 0 Å². The second-order valence-electron chi connectivity index (χ2n) is 6.07. The number of halogens is 1. The van der Waals surface area contributed by atoms with E-state index in [1.807, 2.05) is 11.7 Å². The van der Waals surface area contributed by atoms with Crippen LogP contribution in [0.25, 0.3) is 0 Å². The molecule has 3 nitrogen and oxygen atoms in total. The molecule has 0 aliphatic rings. The van der Waals surface area contributed by atoms with Crippen molar-refractivity contribution in [3.63, 3.8) is 0 Å². The Hall–Kier alpha value is -0.910. The van der Waals surface area contributed by atoms with Gasteiger partial charge in [0, 0.05) is 28.3 Å². The average Bonchev–Trinajstić information content (AvgIpc) is 2.87. The van der Waals surface area contributed by atoms with Gasteiger partial charge in [0.1, 0.15) is 12.4 Å². The Balaban J connectivity index is 2.17. The first kappa shape index (κ1) is 16.5. The van der Waals surface area contributed by atoms with Crippen LogP contribution in [-0.4, -0.2) is 10.5 Å². The monoisotopic (exact) mass is 368 g/mol. The number of benzene rings is 1. The van der Waals surface area contributed by atoms with Crippen molar-refractivity contribution in [2.45, 2.75) is 46.4 Å². The molecule has 21 heavy (non-hydrogen) atoms. The molecule has 114 valence electrons. The zero-order valence-electron chi connectivity index (χ0n) is 12.9. The average molecular weight is 369 g/mol. The molecule has 0 aliphatic carbocycles. The third-order valence-corrected chi connectivity index (χ3v) is 4.18. The summed E-state index contributed by atoms with van der Waals surface area (Å²) < 4.78 is 7.12. The number of aromatic nitrogens is 1. The first-order valence-electron chi connectivity index (χ1n) is 6.89. The van der Waals surface area contributed by atoms with E-state index in [0.717, 1.165) is 27.2 Å². The Morgan fingerprint density at radius 1 is 1.33 bits per heavy atom. The van der Waals surface area contributed by atoms with Crippen LogP contribution in [0.1, 0.15) is 36.8 Å². The van der Waals surface area contributed by atoms with Gasteiger partial charge in [-0.15, -0.1) is 11.3 Å². The fourth-order valence-corrected chi connectivity index (χ4v) is 3.08. The Labute approximate surface area is 138 Å². The van der Waals surface area contributed by atoms with Crippen molar-refractivity contribution in [3.8, 4) is 5.75 Å². The highest BCUT2D eigenvalue weighted by molar-refractivity contribution is 9.10. The highest BCUT2D eigenvalue weighted by atomic mass is 79.9. The Morgan fingerprint density at radius 2 is 2.10 bits per heavy atom. The molecule has 0 spiro atoms. The summed E-state index contributed by atoms with van der Waals surface area (Å²) in [4.78, 5) is 5.21. The van der Waals surface area contributed by atoms with Gasteiger partial charge >= 0.3 is 0 Å². The van der Waals surface area contributed by atoms with Crippen LogP contribution in [0.4, 0.5) is 0 Å². The van der Waals surface area contributed by atoms with Gasteiger partial charge in [-0.1, -0.05) is 15.9 Å². The van der Waals surface area contributed by atoms with E-state index in [1.165, 1.54) is 5.56 Å². The van der Waals surface area contributed by atoms with Gasteiger partial charge in [0.25, 0.3) is 0 Å². The first-order chi connectivity index (χ1) is 9.85. The molecule has 2 rings (SSSR count). The lowest BCUT2D eigenvalue weighted by Crippen LogP contribution is -2.35. The molecule has 0 bridgehead atoms. The SMILES string of the molecule is Cc1cc(Br)cc(CNC(C)(C)C)c1OCc1cncs1. The lowest BCUT2D eigenvalue weighted by molar-refractivity contribution is 0.301. The first-order valence-corrected chi connectivity index (χ1v) is 8.56. The Bertz CT molecular complexity index is 591. The number of nitrogens with zero attached hydrogens (tertiary/aromatic N) is 1. The van der Waals surface area contributed by atoms with Crippen molar-refractivity contribution in [3.05, 3.63) is 44.3 Å². The summed E-state index contributed by atoms with van der Waals surface area (Å²) in [6.07, 6.45) is 1.85. The van der Waals surface area contributed by atoms with E-state index < -0.39 is 0 Å². The molecule has 1 N–H and O–H groups in total. The number of aryl methyl sites for hydroxylation is 1. The Morgan fingerprint density at radius 3 is 2.71 bits per heavy atom. The second-order valence-corrected chi connectivity index (χ2v) is 7.96. The third kappa shape index (κ3) is 5.09. The lowest BCUT2D eigenvalue weighted by atomic mass is 10.1. The summed E-state index contributed by atoms with van der Waals surface area (Å²) in [6.45, 7) is 9.91. The number of nitrogens with one attached hydrogen (secondary N) is 1. The second kappa shape index (κ2) is 6.90. The normalized spacial score (nSPS) is 11.7. The van der Waals surface area contributed by atoms with Crippen LogP contribution < -0.4 is 10.1 Å². The maximum Gasteiger partial charge on any atom is 0.127 e.